The number of epoxide rings is 1. The SMILES string of the molecule is COC(=O)C(Cl)C(=O)c1ccccc1.COC(=O)C(Cl)C(O)c1ccccc1.COC(=O)C(O)C(N)c1ccccc1.COC(=O)[C@@H](Cl)[C@H](O)c1ccccc1.COC(=O)[C@@H](Cl)[C@H](O)c1ccccc1.COC(=O)[C@@H]1OC1c1ccccc1.NC(=O)C(O)C(N)c1ccccc1.O=C(O)[C@H](Cl)[C@@H](O)c1ccccc1. The number of carbonyl (C=O) groups is 9. The first-order chi connectivity index (χ1) is 51.9. The summed E-state index contributed by atoms with van der Waals surface area (Å²) in [6, 6.07) is 69.0. The summed E-state index contributed by atoms with van der Waals surface area (Å²) in [7, 11) is 7.46. The maximum Gasteiger partial charge on any atom is 0.338 e. The smallest absolute Gasteiger partial charge is 0.338 e. The average molecular weight is 1610 g/mol. The number of nitrogens with two attached hydrogens (primary N) is 3. The number of aliphatic hydroxyl groups is 6. The highest BCUT2D eigenvalue weighted by Gasteiger charge is 2.47. The number of ether oxygens (including phenoxy) is 7. The molecule has 15 atom stereocenters. The number of amides is 1. The molecule has 0 aromatic heterocycles. The number of hydrogen-bond acceptors (Lipinski definition) is 24. The van der Waals surface area contributed by atoms with Crippen molar-refractivity contribution in [3.05, 3.63) is 287 Å². The topological polar surface area (TPSA) is 441 Å². The molecule has 1 aliphatic heterocycles. The lowest BCUT2D eigenvalue weighted by molar-refractivity contribution is -0.151. The second kappa shape index (κ2) is 52.4. The van der Waals surface area contributed by atoms with Crippen LogP contribution in [0.5, 0.6) is 0 Å². The molecule has 8 aromatic rings. The Labute approximate surface area is 654 Å². The number of esters is 6. The second-order valence-electron chi connectivity index (χ2n) is 22.2. The highest BCUT2D eigenvalue weighted by Crippen LogP contribution is 2.39. The molecule has 1 aliphatic rings. The summed E-state index contributed by atoms with van der Waals surface area (Å²) in [5, 5.41) is 59.9. The number of halogens is 5. The van der Waals surface area contributed by atoms with E-state index in [9.17, 15) is 73.8 Å². The Hall–Kier alpha value is -9.72. The van der Waals surface area contributed by atoms with Crippen LogP contribution in [-0.4, -0.2) is 177 Å². The zero-order valence-electron chi connectivity index (χ0n) is 59.5. The predicted molar refractivity (Wildman–Crippen MR) is 406 cm³/mol. The van der Waals surface area contributed by atoms with E-state index in [1.54, 1.807) is 182 Å². The first-order valence-electron chi connectivity index (χ1n) is 32.3. The normalized spacial score (nSPS) is 15.6. The van der Waals surface area contributed by atoms with Crippen LogP contribution in [0.2, 0.25) is 0 Å². The van der Waals surface area contributed by atoms with Crippen LogP contribution in [-0.2, 0) is 71.5 Å². The van der Waals surface area contributed by atoms with Gasteiger partial charge in [-0.05, 0) is 38.9 Å². The van der Waals surface area contributed by atoms with Gasteiger partial charge in [0.05, 0.1) is 54.7 Å². The number of carboxylic acids is 1. The van der Waals surface area contributed by atoms with Gasteiger partial charge in [0.15, 0.2) is 51.0 Å². The number of aliphatic carboxylic acids is 1. The summed E-state index contributed by atoms with van der Waals surface area (Å²) in [6.07, 6.45) is -7.42. The van der Waals surface area contributed by atoms with E-state index in [2.05, 4.69) is 28.4 Å². The van der Waals surface area contributed by atoms with Gasteiger partial charge in [-0.1, -0.05) is 243 Å². The van der Waals surface area contributed by atoms with Crippen LogP contribution in [0.4, 0.5) is 0 Å². The molecular formula is C78H86Cl5N3O23. The van der Waals surface area contributed by atoms with Gasteiger partial charge in [-0.25, -0.2) is 14.4 Å². The molecule has 13 N–H and O–H groups in total. The largest absolute Gasteiger partial charge is 0.480 e. The third kappa shape index (κ3) is 33.8. The number of carbonyl (C=O) groups excluding carboxylic acids is 8. The number of methoxy groups -OCH3 is 6. The van der Waals surface area contributed by atoms with Gasteiger partial charge in [-0.15, -0.1) is 58.0 Å². The number of carboxylic acid groups (broad SMARTS) is 1. The monoisotopic (exact) mass is 1610 g/mol. The summed E-state index contributed by atoms with van der Waals surface area (Å²) < 4.78 is 31.8. The van der Waals surface area contributed by atoms with E-state index in [1.807, 2.05) is 60.7 Å². The van der Waals surface area contributed by atoms with Crippen molar-refractivity contribution in [2.24, 2.45) is 17.2 Å². The molecule has 1 amide bonds. The van der Waals surface area contributed by atoms with Gasteiger partial charge in [-0.3, -0.25) is 28.8 Å². The fourth-order valence-electron chi connectivity index (χ4n) is 8.56. The van der Waals surface area contributed by atoms with Crippen molar-refractivity contribution in [1.82, 2.24) is 0 Å². The minimum Gasteiger partial charge on any atom is -0.480 e. The molecule has 1 heterocycles. The van der Waals surface area contributed by atoms with Gasteiger partial charge in [0.1, 0.15) is 30.5 Å². The van der Waals surface area contributed by atoms with E-state index in [0.29, 0.717) is 38.9 Å². The zero-order chi connectivity index (χ0) is 81.7. The molecule has 0 spiro atoms. The number of benzene rings is 8. The fourth-order valence-corrected chi connectivity index (χ4v) is 9.62. The van der Waals surface area contributed by atoms with Crippen LogP contribution in [0.1, 0.15) is 91.9 Å². The first-order valence-corrected chi connectivity index (χ1v) is 34.5. The number of rotatable bonds is 23. The summed E-state index contributed by atoms with van der Waals surface area (Å²) in [4.78, 5) is 98.5. The lowest BCUT2D eigenvalue weighted by atomic mass is 10.0. The molecule has 8 unspecified atom stereocenters. The molecule has 586 valence electrons. The lowest BCUT2D eigenvalue weighted by Crippen LogP contribution is -2.37. The Kier molecular flexibility index (Phi) is 45.8. The van der Waals surface area contributed by atoms with Crippen molar-refractivity contribution in [2.45, 2.75) is 87.8 Å². The molecule has 109 heavy (non-hydrogen) atoms. The summed E-state index contributed by atoms with van der Waals surface area (Å²) >= 11 is 28.1. The van der Waals surface area contributed by atoms with Crippen molar-refractivity contribution in [3.63, 3.8) is 0 Å². The van der Waals surface area contributed by atoms with Gasteiger partial charge in [0, 0.05) is 5.56 Å². The number of primary amides is 1. The van der Waals surface area contributed by atoms with Crippen molar-refractivity contribution < 1.29 is 112 Å². The number of alkyl halides is 5. The minimum absolute atomic E-state index is 0.103. The number of ketones is 1. The van der Waals surface area contributed by atoms with Crippen molar-refractivity contribution in [2.75, 3.05) is 42.7 Å². The van der Waals surface area contributed by atoms with Crippen molar-refractivity contribution >= 4 is 111 Å². The molecule has 1 saturated heterocycles. The molecule has 0 saturated carbocycles. The Morgan fingerprint density at radius 1 is 0.349 bits per heavy atom. The van der Waals surface area contributed by atoms with Crippen molar-refractivity contribution in [3.8, 4) is 0 Å². The van der Waals surface area contributed by atoms with E-state index < -0.39 is 129 Å². The van der Waals surface area contributed by atoms with Crippen LogP contribution in [0.3, 0.4) is 0 Å². The van der Waals surface area contributed by atoms with E-state index in [4.69, 9.17) is 85.0 Å². The van der Waals surface area contributed by atoms with Gasteiger partial charge in [0.25, 0.3) is 0 Å². The fraction of sp³-hybridized carbons (Fsp3) is 0.269. The molecule has 26 nitrogen and oxygen atoms in total. The molecule has 8 aromatic carbocycles. The highest BCUT2D eigenvalue weighted by atomic mass is 35.5. The molecule has 0 radical (unpaired) electrons. The first kappa shape index (κ1) is 95.4. The molecular weight excluding hydrogens is 1520 g/mol. The highest BCUT2D eigenvalue weighted by molar-refractivity contribution is 6.43. The molecule has 31 heteroatoms. The minimum atomic E-state index is -1.33. The summed E-state index contributed by atoms with van der Waals surface area (Å²) in [5.41, 5.74) is 21.3. The third-order valence-corrected chi connectivity index (χ3v) is 16.8. The standard InChI is InChI=1S/3C10H11ClO3.C10H9ClO3.C10H13NO3.C10H10O3.C9H9ClO3.C9H12N2O2/c4*1-14-10(13)8(11)9(12)7-5-3-2-4-6-7;1-14-10(13)9(12)8(11)7-5-3-2-4-6-7;1-12-10(11)9-8(13-9)7-5-3-2-4-6-7;10-7(9(12)13)8(11)6-4-2-1-3-5-6;10-7(8(12)9(11)13)6-4-2-1-3-5-6/h3*2-6,8-9,12H,1H3;2-6,8H,1H3;2-6,8-9,12H,11H2,1H3;2-6,8-9H,1H3;1-5,7-8,11H,(H,12,13);1-5,7-8,12H,10H2,(H2,11,13)/t2*8-,9+;;;;8?,9-;7-,8+;/m00...11./s1. The van der Waals surface area contributed by atoms with Crippen LogP contribution in [0.15, 0.2) is 243 Å². The molecule has 9 rings (SSSR count). The van der Waals surface area contributed by atoms with Crippen LogP contribution < -0.4 is 17.2 Å². The van der Waals surface area contributed by atoms with E-state index in [-0.39, 0.29) is 12.1 Å². The van der Waals surface area contributed by atoms with E-state index in [0.717, 1.165) is 5.56 Å². The van der Waals surface area contributed by atoms with Gasteiger partial charge < -0.3 is 86.1 Å². The third-order valence-electron chi connectivity index (χ3n) is 14.7. The Balaban J connectivity index is 0.000000423. The summed E-state index contributed by atoms with van der Waals surface area (Å²) in [6.45, 7) is 0. The van der Waals surface area contributed by atoms with Crippen molar-refractivity contribution in [1.29, 1.82) is 0 Å². The maximum absolute atomic E-state index is 11.5. The average Bonchev–Trinajstić information content (AvgIpc) is 1.65. The Morgan fingerprint density at radius 3 is 0.872 bits per heavy atom. The second-order valence-corrected chi connectivity index (χ2v) is 24.5. The van der Waals surface area contributed by atoms with Gasteiger partial charge >= 0.3 is 41.8 Å². The molecule has 0 bridgehead atoms. The van der Waals surface area contributed by atoms with Crippen LogP contribution >= 0.6 is 58.0 Å². The van der Waals surface area contributed by atoms with E-state index in [1.165, 1.54) is 42.7 Å². The lowest BCUT2D eigenvalue weighted by Gasteiger charge is -2.16. The summed E-state index contributed by atoms with van der Waals surface area (Å²) in [5.74, 6) is -6.14. The zero-order valence-corrected chi connectivity index (χ0v) is 63.3. The van der Waals surface area contributed by atoms with Crippen LogP contribution in [0.25, 0.3) is 0 Å². The number of Topliss-reactive ketones (excluding diaryl/α,β-unsaturated/α-hetero) is 1. The van der Waals surface area contributed by atoms with Gasteiger partial charge in [0.2, 0.25) is 5.91 Å². The molecule has 1 fully saturated rings. The number of hydrogen-bond donors (Lipinski definition) is 10. The quantitative estimate of drug-likeness (QED) is 0.00715. The Morgan fingerprint density at radius 2 is 0.606 bits per heavy atom. The van der Waals surface area contributed by atoms with Gasteiger partial charge in [-0.2, -0.15) is 0 Å². The number of aliphatic hydroxyl groups excluding tert-OH is 6. The van der Waals surface area contributed by atoms with E-state index >= 15 is 0 Å². The maximum atomic E-state index is 11.5. The molecule has 0 aliphatic carbocycles. The predicted octanol–water partition coefficient (Wildman–Crippen LogP) is 8.62. The van der Waals surface area contributed by atoms with Crippen LogP contribution in [0, 0.1) is 0 Å². The Bertz CT molecular complexity index is 3640.